The number of carbonyl (C=O) groups excluding carboxylic acids is 2. The number of hydrogen-bond donors (Lipinski definition) is 1. The summed E-state index contributed by atoms with van der Waals surface area (Å²) in [6, 6.07) is 7.46. The molecule has 1 aromatic carbocycles. The Morgan fingerprint density at radius 3 is 2.52 bits per heavy atom. The Bertz CT molecular complexity index is 1780. The van der Waals surface area contributed by atoms with Gasteiger partial charge in [-0.15, -0.1) is 11.3 Å². The standard InChI is InChI=1S/C35H36F6N4O6S/c36-34(37,38)24-10-12-42-30-29(24)31(47)45-13-6-11-33(27(45)9-2-1-5-19-50-30,51-23-21-28(52-22-23)35(39,40)41)32(48)44-16-14-43(15-17-44)25-7-3-4-8-26(25)49-20-18-46/h1-4,7-8,10,12,21-22,27,46H,5-6,9,11,13-20H2/b2-1-/t27-,33?/m1/s1. The molecule has 6 rings (SSSR count). The van der Waals surface area contributed by atoms with E-state index in [9.17, 15) is 41.0 Å². The Kier molecular flexibility index (Phi) is 10.9. The van der Waals surface area contributed by atoms with Crippen molar-refractivity contribution in [3.8, 4) is 17.4 Å². The number of halogens is 6. The second-order valence-electron chi connectivity index (χ2n) is 12.5. The second-order valence-corrected chi connectivity index (χ2v) is 13.4. The minimum Gasteiger partial charge on any atom is -0.489 e. The Morgan fingerprint density at radius 1 is 1.04 bits per heavy atom. The highest BCUT2D eigenvalue weighted by molar-refractivity contribution is 7.10. The van der Waals surface area contributed by atoms with E-state index in [1.807, 2.05) is 17.0 Å². The average Bonchev–Trinajstić information content (AvgIpc) is 3.60. The third-order valence-corrected chi connectivity index (χ3v) is 10.2. The quantitative estimate of drug-likeness (QED) is 0.230. The first kappa shape index (κ1) is 37.3. The fraction of sp³-hybridized carbons (Fsp3) is 0.457. The zero-order chi connectivity index (χ0) is 37.1. The minimum atomic E-state index is -4.95. The molecule has 3 aliphatic heterocycles. The molecule has 0 aliphatic carbocycles. The number of ether oxygens (including phenoxy) is 3. The van der Waals surface area contributed by atoms with Gasteiger partial charge in [-0.2, -0.15) is 26.3 Å². The van der Waals surface area contributed by atoms with Gasteiger partial charge >= 0.3 is 12.4 Å². The predicted molar refractivity (Wildman–Crippen MR) is 178 cm³/mol. The molecule has 2 atom stereocenters. The summed E-state index contributed by atoms with van der Waals surface area (Å²) in [5, 5.41) is 10.4. The zero-order valence-electron chi connectivity index (χ0n) is 27.8. The summed E-state index contributed by atoms with van der Waals surface area (Å²) in [5.41, 5.74) is -3.30. The van der Waals surface area contributed by atoms with E-state index in [1.54, 1.807) is 24.3 Å². The van der Waals surface area contributed by atoms with Gasteiger partial charge in [0, 0.05) is 56.8 Å². The van der Waals surface area contributed by atoms with Gasteiger partial charge in [0.25, 0.3) is 11.8 Å². The van der Waals surface area contributed by atoms with Gasteiger partial charge in [0.2, 0.25) is 11.5 Å². The van der Waals surface area contributed by atoms with E-state index in [0.29, 0.717) is 36.2 Å². The van der Waals surface area contributed by atoms with Crippen LogP contribution in [-0.2, 0) is 17.1 Å². The van der Waals surface area contributed by atoms with Crippen molar-refractivity contribution in [3.05, 3.63) is 76.1 Å². The fourth-order valence-corrected chi connectivity index (χ4v) is 7.59. The first-order valence-electron chi connectivity index (χ1n) is 16.7. The number of rotatable bonds is 7. The van der Waals surface area contributed by atoms with Crippen molar-refractivity contribution < 1.29 is 55.2 Å². The topological polar surface area (TPSA) is 105 Å². The first-order chi connectivity index (χ1) is 24.8. The van der Waals surface area contributed by atoms with Crippen molar-refractivity contribution in [2.24, 2.45) is 0 Å². The molecule has 3 aromatic rings. The van der Waals surface area contributed by atoms with E-state index in [-0.39, 0.29) is 70.9 Å². The highest BCUT2D eigenvalue weighted by Crippen LogP contribution is 2.44. The van der Waals surface area contributed by atoms with Crippen molar-refractivity contribution in [1.29, 1.82) is 0 Å². The summed E-state index contributed by atoms with van der Waals surface area (Å²) in [7, 11) is 0. The molecular formula is C35H36F6N4O6S. The van der Waals surface area contributed by atoms with Crippen LogP contribution in [0.4, 0.5) is 32.0 Å². The number of aromatic nitrogens is 1. The van der Waals surface area contributed by atoms with Crippen LogP contribution in [0.5, 0.6) is 17.4 Å². The van der Waals surface area contributed by atoms with Gasteiger partial charge in [-0.25, -0.2) is 4.98 Å². The number of pyridine rings is 1. The maximum atomic E-state index is 14.9. The van der Waals surface area contributed by atoms with Crippen LogP contribution >= 0.6 is 11.3 Å². The van der Waals surface area contributed by atoms with Crippen molar-refractivity contribution in [1.82, 2.24) is 14.8 Å². The molecule has 2 amide bonds. The van der Waals surface area contributed by atoms with Gasteiger partial charge in [-0.05, 0) is 37.5 Å². The number of aliphatic hydroxyl groups excluding tert-OH is 1. The number of nitrogens with zero attached hydrogens (tertiary/aromatic N) is 4. The lowest BCUT2D eigenvalue weighted by Crippen LogP contribution is -2.69. The number of fused-ring (bicyclic) bond motifs is 2. The van der Waals surface area contributed by atoms with Gasteiger partial charge in [-0.1, -0.05) is 24.3 Å². The molecule has 0 spiro atoms. The lowest BCUT2D eigenvalue weighted by molar-refractivity contribution is -0.159. The highest BCUT2D eigenvalue weighted by Gasteiger charge is 2.56. The van der Waals surface area contributed by atoms with E-state index in [4.69, 9.17) is 14.2 Å². The SMILES string of the molecule is O=C1c2c(C(F)(F)F)ccnc2OCC/C=C\C[C@H]2N1CCCC2(Oc1csc(C(F)(F)F)c1)C(=O)N1CCN(c2ccccc2OCCO)CC1. The van der Waals surface area contributed by atoms with Gasteiger partial charge in [0.05, 0.1) is 30.5 Å². The Morgan fingerprint density at radius 2 is 1.81 bits per heavy atom. The van der Waals surface area contributed by atoms with Crippen LogP contribution in [0.1, 0.15) is 46.5 Å². The molecule has 1 unspecified atom stereocenters. The summed E-state index contributed by atoms with van der Waals surface area (Å²) in [5.74, 6) is -1.89. The molecule has 1 N–H and O–H groups in total. The van der Waals surface area contributed by atoms with Crippen LogP contribution < -0.4 is 19.1 Å². The monoisotopic (exact) mass is 754 g/mol. The number of amides is 2. The summed E-state index contributed by atoms with van der Waals surface area (Å²) in [6.45, 7) is 0.732. The van der Waals surface area contributed by atoms with E-state index < -0.39 is 57.7 Å². The van der Waals surface area contributed by atoms with Crippen LogP contribution in [0.15, 0.2) is 60.1 Å². The largest absolute Gasteiger partial charge is 0.489 e. The number of carbonyl (C=O) groups is 2. The molecular weight excluding hydrogens is 718 g/mol. The molecule has 5 heterocycles. The lowest BCUT2D eigenvalue weighted by Gasteiger charge is -2.50. The molecule has 280 valence electrons. The molecule has 17 heteroatoms. The summed E-state index contributed by atoms with van der Waals surface area (Å²) in [6.07, 6.45) is -5.08. The van der Waals surface area contributed by atoms with Crippen LogP contribution in [-0.4, -0.2) is 95.9 Å². The van der Waals surface area contributed by atoms with Crippen LogP contribution in [0.25, 0.3) is 0 Å². The maximum absolute atomic E-state index is 14.9. The van der Waals surface area contributed by atoms with Gasteiger partial charge < -0.3 is 34.0 Å². The van der Waals surface area contributed by atoms with Crippen molar-refractivity contribution >= 4 is 28.8 Å². The number of anilines is 1. The molecule has 0 saturated carbocycles. The Balaban J connectivity index is 1.39. The molecule has 0 radical (unpaired) electrons. The number of piperidine rings is 1. The van der Waals surface area contributed by atoms with E-state index in [1.165, 1.54) is 4.90 Å². The molecule has 2 fully saturated rings. The third-order valence-electron chi connectivity index (χ3n) is 9.25. The normalized spacial score (nSPS) is 22.1. The average molecular weight is 755 g/mol. The zero-order valence-corrected chi connectivity index (χ0v) is 28.6. The minimum absolute atomic E-state index is 0.0219. The molecule has 3 aliphatic rings. The summed E-state index contributed by atoms with van der Waals surface area (Å²) < 4.78 is 102. The lowest BCUT2D eigenvalue weighted by atomic mass is 9.80. The number of alkyl halides is 6. The van der Waals surface area contributed by atoms with Gasteiger partial charge in [0.15, 0.2) is 0 Å². The van der Waals surface area contributed by atoms with Crippen molar-refractivity contribution in [3.63, 3.8) is 0 Å². The summed E-state index contributed by atoms with van der Waals surface area (Å²) in [4.78, 5) is 36.9. The third kappa shape index (κ3) is 7.65. The fourth-order valence-electron chi connectivity index (χ4n) is 6.91. The van der Waals surface area contributed by atoms with Crippen LogP contribution in [0, 0.1) is 0 Å². The number of piperazine rings is 1. The first-order valence-corrected chi connectivity index (χ1v) is 17.6. The molecule has 2 aromatic heterocycles. The van der Waals surface area contributed by atoms with Crippen molar-refractivity contribution in [2.45, 2.75) is 49.7 Å². The van der Waals surface area contributed by atoms with Gasteiger partial charge in [-0.3, -0.25) is 9.59 Å². The van der Waals surface area contributed by atoms with E-state index in [0.717, 1.165) is 28.2 Å². The van der Waals surface area contributed by atoms with Gasteiger partial charge in [0.1, 0.15) is 28.5 Å². The Labute approximate surface area is 299 Å². The Hall–Kier alpha value is -4.51. The second kappa shape index (κ2) is 15.2. The smallest absolute Gasteiger partial charge is 0.425 e. The van der Waals surface area contributed by atoms with E-state index in [2.05, 4.69) is 4.98 Å². The maximum Gasteiger partial charge on any atom is 0.425 e. The number of aliphatic hydroxyl groups is 1. The highest BCUT2D eigenvalue weighted by atomic mass is 32.1. The molecule has 52 heavy (non-hydrogen) atoms. The predicted octanol–water partition coefficient (Wildman–Crippen LogP) is 6.05. The molecule has 10 nitrogen and oxygen atoms in total. The van der Waals surface area contributed by atoms with E-state index >= 15 is 0 Å². The molecule has 0 bridgehead atoms. The molecule has 2 saturated heterocycles. The number of benzene rings is 1. The number of para-hydroxylation sites is 2. The van der Waals surface area contributed by atoms with Crippen LogP contribution in [0.2, 0.25) is 0 Å². The van der Waals surface area contributed by atoms with Crippen LogP contribution in [0.3, 0.4) is 0 Å². The van der Waals surface area contributed by atoms with Crippen molar-refractivity contribution in [2.75, 3.05) is 57.4 Å². The summed E-state index contributed by atoms with van der Waals surface area (Å²) >= 11 is 0.384. The number of thiophene rings is 1. The number of hydrogen-bond acceptors (Lipinski definition) is 9.